The molecule has 0 saturated carbocycles. The van der Waals surface area contributed by atoms with Crippen LogP contribution in [0.5, 0.6) is 0 Å². The van der Waals surface area contributed by atoms with Crippen molar-refractivity contribution in [3.05, 3.63) is 60.2 Å². The minimum Gasteiger partial charge on any atom is -0.475 e. The number of carboxylic acids is 1. The number of hydrogen-bond donors (Lipinski definition) is 1. The Kier molecular flexibility index (Phi) is 7.31. The van der Waals surface area contributed by atoms with Crippen molar-refractivity contribution in [2.75, 3.05) is 43.5 Å². The molecule has 2 heterocycles. The Morgan fingerprint density at radius 1 is 1.03 bits per heavy atom. The molecule has 2 aromatic rings. The van der Waals surface area contributed by atoms with Gasteiger partial charge in [0.15, 0.2) is 0 Å². The molecule has 0 aliphatic carbocycles. The number of carbonyl (C=O) groups is 2. The molecule has 0 bridgehead atoms. The minimum absolute atomic E-state index is 0.110. The lowest BCUT2D eigenvalue weighted by Crippen LogP contribution is -2.64. The van der Waals surface area contributed by atoms with Crippen LogP contribution >= 0.6 is 0 Å². The Bertz CT molecular complexity index is 954. The maximum Gasteiger partial charge on any atom is 0.490 e. The molecule has 0 radical (unpaired) electrons. The summed E-state index contributed by atoms with van der Waals surface area (Å²) in [6.45, 7) is 3.86. The largest absolute Gasteiger partial charge is 0.490 e. The molecule has 2 aromatic carbocycles. The van der Waals surface area contributed by atoms with E-state index >= 15 is 0 Å². The maximum absolute atomic E-state index is 12.8. The summed E-state index contributed by atoms with van der Waals surface area (Å²) in [5.74, 6) is -2.44. The average Bonchev–Trinajstić information content (AvgIpc) is 2.79. The standard InChI is InChI=1S/C22H27N3O.C2HF3O2/c1-23(2)19-10-8-18(9-11-19)16-24-14-12-22(13-15-24)17-25(21(22)26)20-6-4-3-5-7-20;3-2(4,5)1(6)7/h3-11H,12-17H2,1-2H3;(H,6,7). The zero-order valence-electron chi connectivity index (χ0n) is 18.7. The second-order valence-corrected chi connectivity index (χ2v) is 8.65. The van der Waals surface area contributed by atoms with Crippen molar-refractivity contribution >= 4 is 23.3 Å². The third-order valence-electron chi connectivity index (χ3n) is 6.14. The van der Waals surface area contributed by atoms with Crippen LogP contribution in [-0.2, 0) is 16.1 Å². The van der Waals surface area contributed by atoms with Gasteiger partial charge in [0, 0.05) is 38.6 Å². The number of rotatable bonds is 4. The van der Waals surface area contributed by atoms with Crippen molar-refractivity contribution in [3.8, 4) is 0 Å². The summed E-state index contributed by atoms with van der Waals surface area (Å²) in [7, 11) is 4.13. The number of alkyl halides is 3. The molecule has 2 fully saturated rings. The monoisotopic (exact) mass is 463 g/mol. The highest BCUT2D eigenvalue weighted by atomic mass is 19.4. The Hall–Kier alpha value is -3.07. The second-order valence-electron chi connectivity index (χ2n) is 8.65. The number of carboxylic acid groups (broad SMARTS) is 1. The Balaban J connectivity index is 0.000000383. The molecule has 2 saturated heterocycles. The predicted octanol–water partition coefficient (Wildman–Crippen LogP) is 4.01. The first-order valence-corrected chi connectivity index (χ1v) is 10.7. The number of hydrogen-bond acceptors (Lipinski definition) is 4. The van der Waals surface area contributed by atoms with Crippen LogP contribution in [-0.4, -0.2) is 61.8 Å². The van der Waals surface area contributed by atoms with Gasteiger partial charge < -0.3 is 14.9 Å². The van der Waals surface area contributed by atoms with E-state index in [1.165, 1.54) is 11.3 Å². The molecule has 1 amide bonds. The predicted molar refractivity (Wildman–Crippen MR) is 120 cm³/mol. The van der Waals surface area contributed by atoms with Gasteiger partial charge in [-0.1, -0.05) is 30.3 Å². The highest BCUT2D eigenvalue weighted by Crippen LogP contribution is 2.44. The smallest absolute Gasteiger partial charge is 0.475 e. The van der Waals surface area contributed by atoms with Crippen LogP contribution in [0.2, 0.25) is 0 Å². The number of carbonyl (C=O) groups excluding carboxylic acids is 1. The van der Waals surface area contributed by atoms with E-state index in [1.807, 2.05) is 35.2 Å². The lowest BCUT2D eigenvalue weighted by atomic mass is 9.70. The third-order valence-corrected chi connectivity index (χ3v) is 6.14. The van der Waals surface area contributed by atoms with Gasteiger partial charge in [-0.3, -0.25) is 9.69 Å². The van der Waals surface area contributed by atoms with Crippen LogP contribution in [0.15, 0.2) is 54.6 Å². The molecule has 2 aliphatic rings. The molecule has 1 spiro atoms. The molecule has 1 N–H and O–H groups in total. The first kappa shape index (κ1) is 24.6. The highest BCUT2D eigenvalue weighted by molar-refractivity contribution is 6.04. The van der Waals surface area contributed by atoms with Gasteiger partial charge in [0.1, 0.15) is 0 Å². The second kappa shape index (κ2) is 9.82. The summed E-state index contributed by atoms with van der Waals surface area (Å²) < 4.78 is 31.7. The molecule has 0 aromatic heterocycles. The van der Waals surface area contributed by atoms with Crippen molar-refractivity contribution in [2.45, 2.75) is 25.6 Å². The maximum atomic E-state index is 12.8. The van der Waals surface area contributed by atoms with Crippen molar-refractivity contribution in [1.82, 2.24) is 4.90 Å². The molecular formula is C24H28F3N3O3. The van der Waals surface area contributed by atoms with E-state index < -0.39 is 12.1 Å². The SMILES string of the molecule is CN(C)c1ccc(CN2CCC3(CC2)CN(c2ccccc2)C3=O)cc1.O=C(O)C(F)(F)F. The summed E-state index contributed by atoms with van der Waals surface area (Å²) >= 11 is 0. The van der Waals surface area contributed by atoms with Crippen molar-refractivity contribution in [3.63, 3.8) is 0 Å². The average molecular weight is 464 g/mol. The lowest BCUT2D eigenvalue weighted by Gasteiger charge is -2.52. The summed E-state index contributed by atoms with van der Waals surface area (Å²) in [4.78, 5) is 28.2. The van der Waals surface area contributed by atoms with E-state index in [0.29, 0.717) is 5.91 Å². The first-order chi connectivity index (χ1) is 15.5. The first-order valence-electron chi connectivity index (χ1n) is 10.7. The van der Waals surface area contributed by atoms with Gasteiger partial charge >= 0.3 is 12.1 Å². The van der Waals surface area contributed by atoms with Crippen molar-refractivity contribution < 1.29 is 27.9 Å². The number of para-hydroxylation sites is 1. The number of β-lactam (4-membered cyclic amide) rings is 1. The fourth-order valence-electron chi connectivity index (χ4n) is 4.12. The van der Waals surface area contributed by atoms with Crippen LogP contribution in [0, 0.1) is 5.41 Å². The third kappa shape index (κ3) is 5.84. The summed E-state index contributed by atoms with van der Waals surface area (Å²) in [5.41, 5.74) is 3.50. The van der Waals surface area contributed by atoms with Gasteiger partial charge in [0.25, 0.3) is 0 Å². The fourth-order valence-corrected chi connectivity index (χ4v) is 4.12. The van der Waals surface area contributed by atoms with Gasteiger partial charge in [0.05, 0.1) is 5.41 Å². The lowest BCUT2D eigenvalue weighted by molar-refractivity contribution is -0.192. The van der Waals surface area contributed by atoms with Gasteiger partial charge in [-0.15, -0.1) is 0 Å². The summed E-state index contributed by atoms with van der Waals surface area (Å²) in [6.07, 6.45) is -3.13. The number of piperidine rings is 1. The molecule has 178 valence electrons. The van der Waals surface area contributed by atoms with Crippen LogP contribution in [0.1, 0.15) is 18.4 Å². The summed E-state index contributed by atoms with van der Waals surface area (Å²) in [6, 6.07) is 18.8. The number of anilines is 2. The number of amides is 1. The molecule has 2 aliphatic heterocycles. The molecular weight excluding hydrogens is 435 g/mol. The number of nitrogens with zero attached hydrogens (tertiary/aromatic N) is 3. The van der Waals surface area contributed by atoms with Crippen LogP contribution in [0.25, 0.3) is 0 Å². The molecule has 0 unspecified atom stereocenters. The number of halogens is 3. The Labute approximate surface area is 191 Å². The number of likely N-dealkylation sites (tertiary alicyclic amines) is 1. The Morgan fingerprint density at radius 3 is 2.03 bits per heavy atom. The van der Waals surface area contributed by atoms with E-state index in [-0.39, 0.29) is 5.41 Å². The van der Waals surface area contributed by atoms with Crippen LogP contribution < -0.4 is 9.80 Å². The van der Waals surface area contributed by atoms with Crippen molar-refractivity contribution in [1.29, 1.82) is 0 Å². The fraction of sp³-hybridized carbons (Fsp3) is 0.417. The van der Waals surface area contributed by atoms with E-state index in [2.05, 4.69) is 48.2 Å². The van der Waals surface area contributed by atoms with E-state index in [1.54, 1.807) is 0 Å². The zero-order valence-corrected chi connectivity index (χ0v) is 18.7. The van der Waals surface area contributed by atoms with E-state index in [0.717, 1.165) is 44.7 Å². The topological polar surface area (TPSA) is 64.1 Å². The molecule has 0 atom stereocenters. The highest BCUT2D eigenvalue weighted by Gasteiger charge is 2.53. The van der Waals surface area contributed by atoms with Crippen LogP contribution in [0.3, 0.4) is 0 Å². The normalized spacial score (nSPS) is 17.7. The molecule has 6 nitrogen and oxygen atoms in total. The van der Waals surface area contributed by atoms with Gasteiger partial charge in [-0.2, -0.15) is 13.2 Å². The van der Waals surface area contributed by atoms with E-state index in [4.69, 9.17) is 9.90 Å². The van der Waals surface area contributed by atoms with Gasteiger partial charge in [0.2, 0.25) is 5.91 Å². The van der Waals surface area contributed by atoms with Gasteiger partial charge in [-0.25, -0.2) is 4.79 Å². The quantitative estimate of drug-likeness (QED) is 0.694. The zero-order chi connectivity index (χ0) is 24.2. The minimum atomic E-state index is -5.08. The van der Waals surface area contributed by atoms with Gasteiger partial charge in [-0.05, 0) is 55.8 Å². The van der Waals surface area contributed by atoms with Crippen molar-refractivity contribution in [2.24, 2.45) is 5.41 Å². The number of benzene rings is 2. The molecule has 33 heavy (non-hydrogen) atoms. The van der Waals surface area contributed by atoms with E-state index in [9.17, 15) is 18.0 Å². The Morgan fingerprint density at radius 2 is 1.58 bits per heavy atom. The molecule has 4 rings (SSSR count). The summed E-state index contributed by atoms with van der Waals surface area (Å²) in [5, 5.41) is 7.12. The molecule has 9 heteroatoms. The van der Waals surface area contributed by atoms with Crippen LogP contribution in [0.4, 0.5) is 24.5 Å². The number of aliphatic carboxylic acids is 1.